The molecule has 0 spiro atoms. The van der Waals surface area contributed by atoms with Crippen molar-refractivity contribution in [2.75, 3.05) is 12.1 Å². The second-order valence-electron chi connectivity index (χ2n) is 1.88. The zero-order valence-electron chi connectivity index (χ0n) is 5.86. The Bertz CT molecular complexity index is 207. The number of anilines is 1. The molecule has 0 aliphatic carbocycles. The highest BCUT2D eigenvalue weighted by molar-refractivity contribution is 5.44. The lowest BCUT2D eigenvalue weighted by atomic mass is 10.4. The highest BCUT2D eigenvalue weighted by Gasteiger charge is 1.92. The average Bonchev–Trinajstić information content (AvgIpc) is 2.05. The molecule has 0 bridgehead atoms. The van der Waals surface area contributed by atoms with Crippen molar-refractivity contribution in [2.24, 2.45) is 5.10 Å². The summed E-state index contributed by atoms with van der Waals surface area (Å²) in [6, 6.07) is 3.78. The molecule has 0 N–H and O–H groups in total. The largest absolute Gasteiger partial charge is 0.268 e. The van der Waals surface area contributed by atoms with Crippen LogP contribution in [0.1, 0.15) is 0 Å². The average molecular weight is 135 g/mol. The molecule has 52 valence electrons. The maximum absolute atomic E-state index is 3.92. The van der Waals surface area contributed by atoms with Gasteiger partial charge in [0.05, 0.1) is 11.9 Å². The number of hydrazone groups is 1. The number of nitrogens with zero attached hydrogens (tertiary/aromatic N) is 3. The Morgan fingerprint density at radius 2 is 2.50 bits per heavy atom. The van der Waals surface area contributed by atoms with Crippen LogP contribution in [-0.2, 0) is 0 Å². The summed E-state index contributed by atoms with van der Waals surface area (Å²) >= 11 is 0. The molecular weight excluding hydrogens is 126 g/mol. The third-order valence-corrected chi connectivity index (χ3v) is 1.23. The molecule has 0 aliphatic rings. The predicted octanol–water partition coefficient (Wildman–Crippen LogP) is 1.13. The van der Waals surface area contributed by atoms with Gasteiger partial charge in [0.1, 0.15) is 0 Å². The second kappa shape index (κ2) is 2.96. The van der Waals surface area contributed by atoms with E-state index in [4.69, 9.17) is 0 Å². The fourth-order valence-corrected chi connectivity index (χ4v) is 0.627. The summed E-state index contributed by atoms with van der Waals surface area (Å²) in [5, 5.41) is 5.36. The summed E-state index contributed by atoms with van der Waals surface area (Å²) in [6.07, 6.45) is 3.45. The van der Waals surface area contributed by atoms with Crippen LogP contribution in [0, 0.1) is 0 Å². The van der Waals surface area contributed by atoms with E-state index in [0.29, 0.717) is 0 Å². The third-order valence-electron chi connectivity index (χ3n) is 1.23. The molecule has 0 amide bonds. The first-order chi connectivity index (χ1) is 4.84. The molecule has 0 radical (unpaired) electrons. The summed E-state index contributed by atoms with van der Waals surface area (Å²) in [6.45, 7) is 3.39. The van der Waals surface area contributed by atoms with Crippen LogP contribution in [0.4, 0.5) is 5.69 Å². The monoisotopic (exact) mass is 135 g/mol. The molecule has 3 nitrogen and oxygen atoms in total. The summed E-state index contributed by atoms with van der Waals surface area (Å²) in [4.78, 5) is 3.92. The lowest BCUT2D eigenvalue weighted by Crippen LogP contribution is -2.06. The van der Waals surface area contributed by atoms with Crippen molar-refractivity contribution in [1.82, 2.24) is 4.98 Å². The Balaban J connectivity index is 2.84. The standard InChI is InChI=1S/C7H9N3/c1-8-10(2)7-4-3-5-9-6-7/h3-6H,1H2,2H3. The lowest BCUT2D eigenvalue weighted by Gasteiger charge is -2.09. The maximum Gasteiger partial charge on any atom is 0.0773 e. The van der Waals surface area contributed by atoms with E-state index in [-0.39, 0.29) is 0 Å². The second-order valence-corrected chi connectivity index (χ2v) is 1.88. The first-order valence-electron chi connectivity index (χ1n) is 2.95. The molecule has 1 aromatic rings. The molecule has 0 unspecified atom stereocenters. The molecule has 10 heavy (non-hydrogen) atoms. The molecule has 3 heteroatoms. The van der Waals surface area contributed by atoms with Crippen molar-refractivity contribution >= 4 is 12.4 Å². The zero-order valence-corrected chi connectivity index (χ0v) is 5.86. The van der Waals surface area contributed by atoms with E-state index < -0.39 is 0 Å². The van der Waals surface area contributed by atoms with Crippen molar-refractivity contribution < 1.29 is 0 Å². The van der Waals surface area contributed by atoms with Gasteiger partial charge in [-0.05, 0) is 12.1 Å². The third kappa shape index (κ3) is 1.31. The van der Waals surface area contributed by atoms with Crippen LogP contribution < -0.4 is 5.01 Å². The molecule has 1 aromatic heterocycles. The van der Waals surface area contributed by atoms with E-state index in [2.05, 4.69) is 16.8 Å². The fraction of sp³-hybridized carbons (Fsp3) is 0.143. The summed E-state index contributed by atoms with van der Waals surface area (Å²) in [5.41, 5.74) is 0.942. The molecule has 1 rings (SSSR count). The van der Waals surface area contributed by atoms with Gasteiger partial charge in [0.2, 0.25) is 0 Å². The molecule has 0 aliphatic heterocycles. The van der Waals surface area contributed by atoms with Gasteiger partial charge in [-0.2, -0.15) is 5.10 Å². The minimum atomic E-state index is 0.942. The van der Waals surface area contributed by atoms with Crippen LogP contribution in [-0.4, -0.2) is 18.7 Å². The van der Waals surface area contributed by atoms with Crippen molar-refractivity contribution in [1.29, 1.82) is 0 Å². The SMILES string of the molecule is C=NN(C)c1cccnc1. The summed E-state index contributed by atoms with van der Waals surface area (Å²) < 4.78 is 0. The lowest BCUT2D eigenvalue weighted by molar-refractivity contribution is 1.02. The van der Waals surface area contributed by atoms with Crippen molar-refractivity contribution in [3.63, 3.8) is 0 Å². The predicted molar refractivity (Wildman–Crippen MR) is 42.2 cm³/mol. The number of hydrogen-bond donors (Lipinski definition) is 0. The molecule has 0 fully saturated rings. The van der Waals surface area contributed by atoms with E-state index in [1.807, 2.05) is 19.2 Å². The molecular formula is C7H9N3. The molecule has 0 atom stereocenters. The van der Waals surface area contributed by atoms with Gasteiger partial charge in [-0.25, -0.2) is 0 Å². The number of pyridine rings is 1. The van der Waals surface area contributed by atoms with Gasteiger partial charge in [0.15, 0.2) is 0 Å². The van der Waals surface area contributed by atoms with Crippen molar-refractivity contribution in [2.45, 2.75) is 0 Å². The van der Waals surface area contributed by atoms with Gasteiger partial charge in [0.25, 0.3) is 0 Å². The van der Waals surface area contributed by atoms with Crippen LogP contribution in [0.3, 0.4) is 0 Å². The van der Waals surface area contributed by atoms with E-state index in [1.54, 1.807) is 17.4 Å². The first kappa shape index (κ1) is 6.74. The van der Waals surface area contributed by atoms with E-state index in [0.717, 1.165) is 5.69 Å². The van der Waals surface area contributed by atoms with Crippen molar-refractivity contribution in [3.8, 4) is 0 Å². The van der Waals surface area contributed by atoms with Crippen LogP contribution in [0.5, 0.6) is 0 Å². The molecule has 0 saturated carbocycles. The van der Waals surface area contributed by atoms with Crippen molar-refractivity contribution in [3.05, 3.63) is 24.5 Å². The molecule has 0 saturated heterocycles. The number of hydrogen-bond acceptors (Lipinski definition) is 3. The Labute approximate surface area is 60.0 Å². The normalized spacial score (nSPS) is 8.90. The maximum atomic E-state index is 3.92. The van der Waals surface area contributed by atoms with Gasteiger partial charge in [-0.15, -0.1) is 0 Å². The Kier molecular flexibility index (Phi) is 1.99. The summed E-state index contributed by atoms with van der Waals surface area (Å²) in [7, 11) is 1.82. The number of rotatable bonds is 2. The van der Waals surface area contributed by atoms with Crippen LogP contribution in [0.25, 0.3) is 0 Å². The van der Waals surface area contributed by atoms with Gasteiger partial charge in [-0.1, -0.05) is 0 Å². The van der Waals surface area contributed by atoms with Crippen LogP contribution in [0.15, 0.2) is 29.6 Å². The van der Waals surface area contributed by atoms with Gasteiger partial charge < -0.3 is 0 Å². The fourth-order valence-electron chi connectivity index (χ4n) is 0.627. The minimum Gasteiger partial charge on any atom is -0.268 e. The molecule has 0 aromatic carbocycles. The Morgan fingerprint density at radius 3 is 3.00 bits per heavy atom. The topological polar surface area (TPSA) is 28.5 Å². The smallest absolute Gasteiger partial charge is 0.0773 e. The van der Waals surface area contributed by atoms with E-state index in [1.165, 1.54) is 0 Å². The zero-order chi connectivity index (χ0) is 7.40. The minimum absolute atomic E-state index is 0.942. The Morgan fingerprint density at radius 1 is 1.70 bits per heavy atom. The van der Waals surface area contributed by atoms with Gasteiger partial charge in [0, 0.05) is 20.0 Å². The first-order valence-corrected chi connectivity index (χ1v) is 2.95. The van der Waals surface area contributed by atoms with Gasteiger partial charge >= 0.3 is 0 Å². The molecule has 1 heterocycles. The van der Waals surface area contributed by atoms with Crippen LogP contribution in [0.2, 0.25) is 0 Å². The van der Waals surface area contributed by atoms with Crippen LogP contribution >= 0.6 is 0 Å². The quantitative estimate of drug-likeness (QED) is 0.449. The summed E-state index contributed by atoms with van der Waals surface area (Å²) in [5.74, 6) is 0. The van der Waals surface area contributed by atoms with E-state index >= 15 is 0 Å². The highest BCUT2D eigenvalue weighted by Crippen LogP contribution is 2.07. The van der Waals surface area contributed by atoms with Gasteiger partial charge in [-0.3, -0.25) is 9.99 Å². The Hall–Kier alpha value is -1.38. The van der Waals surface area contributed by atoms with E-state index in [9.17, 15) is 0 Å². The highest BCUT2D eigenvalue weighted by atomic mass is 15.4. The number of aromatic nitrogens is 1.